The van der Waals surface area contributed by atoms with E-state index in [1.54, 1.807) is 0 Å². The molecule has 2 aromatic heterocycles. The van der Waals surface area contributed by atoms with Gasteiger partial charge in [0.2, 0.25) is 5.89 Å². The number of para-hydroxylation sites is 1. The van der Waals surface area contributed by atoms with Gasteiger partial charge in [-0.2, -0.15) is 0 Å². The summed E-state index contributed by atoms with van der Waals surface area (Å²) >= 11 is 1.86. The van der Waals surface area contributed by atoms with E-state index < -0.39 is 0 Å². The zero-order chi connectivity index (χ0) is 21.7. The molecular weight excluding hydrogens is 410 g/mol. The van der Waals surface area contributed by atoms with Crippen LogP contribution in [0.25, 0.3) is 53.9 Å². The molecule has 0 saturated heterocycles. The van der Waals surface area contributed by atoms with E-state index in [4.69, 9.17) is 9.40 Å². The van der Waals surface area contributed by atoms with Crippen molar-refractivity contribution in [2.75, 3.05) is 0 Å². The van der Waals surface area contributed by atoms with Gasteiger partial charge in [0.05, 0.1) is 0 Å². The molecule has 0 spiro atoms. The second-order valence-electron chi connectivity index (χ2n) is 8.74. The molecule has 2 heterocycles. The maximum atomic E-state index is 6.23. The van der Waals surface area contributed by atoms with Crippen molar-refractivity contribution < 1.29 is 4.42 Å². The quantitative estimate of drug-likeness (QED) is 0.278. The van der Waals surface area contributed by atoms with Crippen molar-refractivity contribution in [1.82, 2.24) is 4.98 Å². The van der Waals surface area contributed by atoms with Crippen molar-refractivity contribution in [3.63, 3.8) is 0 Å². The highest BCUT2D eigenvalue weighted by atomic mass is 32.1. The second-order valence-corrected chi connectivity index (χ2v) is 9.79. The van der Waals surface area contributed by atoms with Crippen LogP contribution in [0.5, 0.6) is 0 Å². The van der Waals surface area contributed by atoms with Gasteiger partial charge < -0.3 is 4.42 Å². The Kier molecular flexibility index (Phi) is 4.58. The van der Waals surface area contributed by atoms with E-state index in [1.165, 1.54) is 36.9 Å². The highest BCUT2D eigenvalue weighted by molar-refractivity contribution is 7.26. The van der Waals surface area contributed by atoms with Crippen LogP contribution in [-0.4, -0.2) is 4.98 Å². The van der Waals surface area contributed by atoms with Gasteiger partial charge in [0.1, 0.15) is 5.52 Å². The summed E-state index contributed by atoms with van der Waals surface area (Å²) in [6, 6.07) is 30.1. The number of thiophene rings is 1. The lowest BCUT2D eigenvalue weighted by molar-refractivity contribution is 0.599. The first-order valence-electron chi connectivity index (χ1n) is 11.1. The fourth-order valence-corrected chi connectivity index (χ4v) is 5.74. The van der Waals surface area contributed by atoms with Crippen LogP contribution in [-0.2, 0) is 6.42 Å². The van der Waals surface area contributed by atoms with Crippen molar-refractivity contribution in [1.29, 1.82) is 0 Å². The Morgan fingerprint density at radius 1 is 0.781 bits per heavy atom. The van der Waals surface area contributed by atoms with Crippen molar-refractivity contribution in [3.8, 4) is 22.6 Å². The van der Waals surface area contributed by atoms with Crippen molar-refractivity contribution in [2.45, 2.75) is 20.3 Å². The lowest BCUT2D eigenvalue weighted by Crippen LogP contribution is -1.93. The molecule has 0 amide bonds. The van der Waals surface area contributed by atoms with E-state index in [-0.39, 0.29) is 0 Å². The minimum Gasteiger partial charge on any atom is -0.436 e. The Hall–Kier alpha value is -3.43. The molecule has 32 heavy (non-hydrogen) atoms. The largest absolute Gasteiger partial charge is 0.436 e. The van der Waals surface area contributed by atoms with Crippen molar-refractivity contribution in [3.05, 3.63) is 90.5 Å². The van der Waals surface area contributed by atoms with Crippen LogP contribution in [0.3, 0.4) is 0 Å². The summed E-state index contributed by atoms with van der Waals surface area (Å²) in [5.41, 5.74) is 6.55. The number of aromatic nitrogens is 1. The predicted molar refractivity (Wildman–Crippen MR) is 136 cm³/mol. The molecule has 156 valence electrons. The van der Waals surface area contributed by atoms with Crippen molar-refractivity contribution >= 4 is 42.6 Å². The Bertz CT molecular complexity index is 1570. The van der Waals surface area contributed by atoms with Gasteiger partial charge in [-0.1, -0.05) is 74.5 Å². The first kappa shape index (κ1) is 19.3. The normalized spacial score (nSPS) is 11.8. The third kappa shape index (κ3) is 3.21. The Balaban J connectivity index is 1.41. The Labute approximate surface area is 191 Å². The third-order valence-corrected chi connectivity index (χ3v) is 7.19. The number of benzene rings is 4. The number of oxazole rings is 1. The minimum absolute atomic E-state index is 0.574. The van der Waals surface area contributed by atoms with Crippen LogP contribution >= 0.6 is 11.3 Å². The average molecular weight is 434 g/mol. The summed E-state index contributed by atoms with van der Waals surface area (Å²) in [5, 5.41) is 2.65. The van der Waals surface area contributed by atoms with E-state index in [0.29, 0.717) is 11.8 Å². The number of fused-ring (bicyclic) bond motifs is 4. The molecule has 0 radical (unpaired) electrons. The molecule has 4 aromatic carbocycles. The molecule has 0 saturated carbocycles. The molecule has 3 heteroatoms. The molecule has 0 aliphatic rings. The number of hydrogen-bond donors (Lipinski definition) is 0. The van der Waals surface area contributed by atoms with Gasteiger partial charge in [0.15, 0.2) is 5.58 Å². The second kappa shape index (κ2) is 7.61. The molecule has 6 rings (SSSR count). The monoisotopic (exact) mass is 433 g/mol. The van der Waals surface area contributed by atoms with Crippen LogP contribution in [0.1, 0.15) is 19.4 Å². The van der Waals surface area contributed by atoms with Crippen LogP contribution in [0.15, 0.2) is 89.3 Å². The SMILES string of the molecule is CC(C)Cc1cccc2nc(-c3ccc(-c4cccc5c4sc4ccccc45)cc3)oc12. The van der Waals surface area contributed by atoms with Crippen LogP contribution in [0, 0.1) is 5.92 Å². The van der Waals surface area contributed by atoms with Gasteiger partial charge in [-0.05, 0) is 53.3 Å². The first-order valence-corrected chi connectivity index (χ1v) is 11.9. The summed E-state index contributed by atoms with van der Waals surface area (Å²) < 4.78 is 8.90. The topological polar surface area (TPSA) is 26.0 Å². The highest BCUT2D eigenvalue weighted by Crippen LogP contribution is 2.40. The molecular formula is C29H23NOS. The number of hydrogen-bond acceptors (Lipinski definition) is 3. The van der Waals surface area contributed by atoms with Crippen LogP contribution < -0.4 is 0 Å². The lowest BCUT2D eigenvalue weighted by atomic mass is 10.0. The van der Waals surface area contributed by atoms with E-state index >= 15 is 0 Å². The van der Waals surface area contributed by atoms with E-state index in [1.807, 2.05) is 17.4 Å². The Morgan fingerprint density at radius 2 is 1.53 bits per heavy atom. The fraction of sp³-hybridized carbons (Fsp3) is 0.138. The molecule has 0 N–H and O–H groups in total. The first-order chi connectivity index (χ1) is 15.7. The molecule has 0 aliphatic heterocycles. The molecule has 0 fully saturated rings. The summed E-state index contributed by atoms with van der Waals surface area (Å²) in [5.74, 6) is 1.26. The third-order valence-electron chi connectivity index (χ3n) is 5.97. The summed E-state index contributed by atoms with van der Waals surface area (Å²) in [7, 11) is 0. The van der Waals surface area contributed by atoms with E-state index in [9.17, 15) is 0 Å². The van der Waals surface area contributed by atoms with Gasteiger partial charge in [0, 0.05) is 25.7 Å². The summed E-state index contributed by atoms with van der Waals surface area (Å²) in [6.07, 6.45) is 0.990. The summed E-state index contributed by atoms with van der Waals surface area (Å²) in [4.78, 5) is 4.77. The van der Waals surface area contributed by atoms with Gasteiger partial charge >= 0.3 is 0 Å². The Morgan fingerprint density at radius 3 is 2.38 bits per heavy atom. The predicted octanol–water partition coefficient (Wildman–Crippen LogP) is 8.73. The zero-order valence-electron chi connectivity index (χ0n) is 18.1. The number of nitrogens with zero attached hydrogens (tertiary/aromatic N) is 1. The molecule has 0 aliphatic carbocycles. The standard InChI is InChI=1S/C29H23NOS/c1-18(2)17-21-7-5-11-25-27(21)31-29(30-25)20-15-13-19(14-16-20)22-9-6-10-24-23-8-3-4-12-26(23)32-28(22)24/h3-16,18H,17H2,1-2H3. The maximum absolute atomic E-state index is 6.23. The molecule has 0 atom stereocenters. The zero-order valence-corrected chi connectivity index (χ0v) is 18.9. The lowest BCUT2D eigenvalue weighted by Gasteiger charge is -2.05. The van der Waals surface area contributed by atoms with Gasteiger partial charge in [0.25, 0.3) is 0 Å². The molecule has 2 nitrogen and oxygen atoms in total. The smallest absolute Gasteiger partial charge is 0.227 e. The van der Waals surface area contributed by atoms with Gasteiger partial charge in [-0.3, -0.25) is 0 Å². The highest BCUT2D eigenvalue weighted by Gasteiger charge is 2.14. The van der Waals surface area contributed by atoms with E-state index in [0.717, 1.165) is 23.1 Å². The molecule has 0 bridgehead atoms. The van der Waals surface area contributed by atoms with Gasteiger partial charge in [-0.15, -0.1) is 11.3 Å². The molecule has 6 aromatic rings. The van der Waals surface area contributed by atoms with E-state index in [2.05, 4.69) is 92.7 Å². The van der Waals surface area contributed by atoms with Crippen molar-refractivity contribution in [2.24, 2.45) is 5.92 Å². The summed E-state index contributed by atoms with van der Waals surface area (Å²) in [6.45, 7) is 4.46. The van der Waals surface area contributed by atoms with Crippen LogP contribution in [0.2, 0.25) is 0 Å². The fourth-order valence-electron chi connectivity index (χ4n) is 4.50. The maximum Gasteiger partial charge on any atom is 0.227 e. The molecule has 0 unspecified atom stereocenters. The van der Waals surface area contributed by atoms with Gasteiger partial charge in [-0.25, -0.2) is 4.98 Å². The average Bonchev–Trinajstić information content (AvgIpc) is 3.41. The minimum atomic E-state index is 0.574. The van der Waals surface area contributed by atoms with Crippen LogP contribution in [0.4, 0.5) is 0 Å². The number of rotatable bonds is 4.